The highest BCUT2D eigenvalue weighted by molar-refractivity contribution is 5.89. The van der Waals surface area contributed by atoms with Crippen LogP contribution in [0, 0.1) is 5.82 Å². The zero-order valence-electron chi connectivity index (χ0n) is 32.6. The third-order valence-electron chi connectivity index (χ3n) is 11.4. The normalized spacial score (nSPS) is 21.1. The van der Waals surface area contributed by atoms with Gasteiger partial charge in [0.2, 0.25) is 5.95 Å². The van der Waals surface area contributed by atoms with Crippen LogP contribution in [0.4, 0.5) is 21.0 Å². The molecule has 8 rings (SSSR count). The molecule has 0 radical (unpaired) electrons. The highest BCUT2D eigenvalue weighted by Crippen LogP contribution is 2.39. The molecule has 0 spiro atoms. The molecule has 1 aliphatic carbocycles. The molecule has 2 saturated heterocycles. The highest BCUT2D eigenvalue weighted by Gasteiger charge is 2.31. The van der Waals surface area contributed by atoms with E-state index in [-0.39, 0.29) is 23.6 Å². The summed E-state index contributed by atoms with van der Waals surface area (Å²) in [5.74, 6) is 1.60. The number of benzene rings is 2. The number of aromatic nitrogens is 5. The lowest BCUT2D eigenvalue weighted by atomic mass is 9.85. The van der Waals surface area contributed by atoms with Crippen molar-refractivity contribution in [1.82, 2.24) is 39.5 Å². The Bertz CT molecular complexity index is 2150. The third kappa shape index (κ3) is 7.90. The lowest BCUT2D eigenvalue weighted by Crippen LogP contribution is -2.43. The van der Waals surface area contributed by atoms with Gasteiger partial charge in [0.05, 0.1) is 17.9 Å². The van der Waals surface area contributed by atoms with Crippen molar-refractivity contribution in [3.05, 3.63) is 95.1 Å². The second kappa shape index (κ2) is 15.3. The first kappa shape index (κ1) is 36.9. The Hall–Kier alpha value is -5.01. The Kier molecular flexibility index (Phi) is 10.2. The molecule has 5 aromatic rings. The number of likely N-dealkylation sites (N-methyl/N-ethyl adjacent to an activating group) is 1. The first-order valence-corrected chi connectivity index (χ1v) is 19.7. The zero-order chi connectivity index (χ0) is 38.3. The van der Waals surface area contributed by atoms with Gasteiger partial charge in [0.1, 0.15) is 29.2 Å². The van der Waals surface area contributed by atoms with Crippen LogP contribution in [0.5, 0.6) is 5.75 Å². The second-order valence-electron chi connectivity index (χ2n) is 16.5. The SMILES string of the molecule is C[C@H]1CCCCN1c1nnc2ccc(O[C@@H]3CC[C@H](NC(=O)Nc4cc(C(C)(C)C)nn4-c4cc(CN5CCN(C)CC5)ccc4F)c4ccccc43)cn12. The number of anilines is 2. The van der Waals surface area contributed by atoms with Crippen molar-refractivity contribution in [2.24, 2.45) is 0 Å². The van der Waals surface area contributed by atoms with Crippen LogP contribution in [0.2, 0.25) is 0 Å². The van der Waals surface area contributed by atoms with Crippen LogP contribution in [0.25, 0.3) is 11.3 Å². The molecule has 5 heterocycles. The number of pyridine rings is 1. The summed E-state index contributed by atoms with van der Waals surface area (Å²) in [6, 6.07) is 18.8. The maximum absolute atomic E-state index is 15.6. The minimum Gasteiger partial charge on any atom is -0.484 e. The average Bonchev–Trinajstić information content (AvgIpc) is 3.79. The molecule has 3 aromatic heterocycles. The summed E-state index contributed by atoms with van der Waals surface area (Å²) < 4.78 is 25.8. The molecule has 2 N–H and O–H groups in total. The number of carbonyl (C=O) groups excluding carboxylic acids is 1. The van der Waals surface area contributed by atoms with Gasteiger partial charge in [-0.2, -0.15) is 5.10 Å². The van der Waals surface area contributed by atoms with Gasteiger partial charge in [0, 0.05) is 56.8 Å². The van der Waals surface area contributed by atoms with E-state index in [0.29, 0.717) is 30.4 Å². The van der Waals surface area contributed by atoms with Crippen molar-refractivity contribution in [1.29, 1.82) is 0 Å². The number of fused-ring (bicyclic) bond motifs is 2. The van der Waals surface area contributed by atoms with Gasteiger partial charge < -0.3 is 19.9 Å². The van der Waals surface area contributed by atoms with Crippen LogP contribution in [0.15, 0.2) is 66.9 Å². The van der Waals surface area contributed by atoms with Crippen molar-refractivity contribution in [2.75, 3.05) is 50.0 Å². The van der Waals surface area contributed by atoms with Crippen LogP contribution in [-0.2, 0) is 12.0 Å². The number of piperidine rings is 1. The summed E-state index contributed by atoms with van der Waals surface area (Å²) in [5.41, 5.74) is 4.56. The number of halogens is 1. The lowest BCUT2D eigenvalue weighted by molar-refractivity contribution is 0.148. The molecule has 0 bridgehead atoms. The summed E-state index contributed by atoms with van der Waals surface area (Å²) in [5, 5.41) is 20.0. The Balaban J connectivity index is 0.994. The van der Waals surface area contributed by atoms with E-state index in [1.165, 1.54) is 17.2 Å². The van der Waals surface area contributed by atoms with E-state index in [4.69, 9.17) is 9.84 Å². The number of piperazine rings is 1. The molecule has 55 heavy (non-hydrogen) atoms. The van der Waals surface area contributed by atoms with Crippen LogP contribution in [0.3, 0.4) is 0 Å². The predicted octanol–water partition coefficient (Wildman–Crippen LogP) is 7.25. The minimum absolute atomic E-state index is 0.194. The largest absolute Gasteiger partial charge is 0.484 e. The molecular weight excluding hydrogens is 696 g/mol. The number of nitrogens with one attached hydrogen (secondary N) is 2. The van der Waals surface area contributed by atoms with E-state index in [9.17, 15) is 4.79 Å². The molecule has 2 amide bonds. The van der Waals surface area contributed by atoms with E-state index in [0.717, 1.165) is 91.8 Å². The van der Waals surface area contributed by atoms with Crippen molar-refractivity contribution in [3.63, 3.8) is 0 Å². The third-order valence-corrected chi connectivity index (χ3v) is 11.4. The smallest absolute Gasteiger partial charge is 0.320 e. The standard InChI is InChI=1S/C42H53FN10O2/c1-28-10-8-9-19-51(28)41-47-46-38-18-14-30(27-52(38)41)55-36-17-16-34(31-11-6-7-12-32(31)36)44-40(54)45-39-25-37(42(2,3)4)48-53(39)35-24-29(13-15-33(35)43)26-50-22-20-49(5)21-23-50/h6-7,11-15,18,24-25,27-28,34,36H,8-10,16-17,19-23,26H2,1-5H3,(H2,44,45,54)/t28-,34-,36+/m0/s1. The topological polar surface area (TPSA) is 108 Å². The second-order valence-corrected chi connectivity index (χ2v) is 16.5. The van der Waals surface area contributed by atoms with E-state index < -0.39 is 5.82 Å². The van der Waals surface area contributed by atoms with Crippen molar-refractivity contribution in [3.8, 4) is 11.4 Å². The number of rotatable bonds is 8. The summed E-state index contributed by atoms with van der Waals surface area (Å²) in [7, 11) is 2.13. The van der Waals surface area contributed by atoms with E-state index in [1.54, 1.807) is 0 Å². The van der Waals surface area contributed by atoms with Crippen LogP contribution in [-0.4, -0.2) is 86.0 Å². The quantitative estimate of drug-likeness (QED) is 0.171. The Labute approximate surface area is 322 Å². The minimum atomic E-state index is -0.401. The number of nitrogens with zero attached hydrogens (tertiary/aromatic N) is 8. The zero-order valence-corrected chi connectivity index (χ0v) is 32.6. The van der Waals surface area contributed by atoms with Crippen LogP contribution < -0.4 is 20.3 Å². The highest BCUT2D eigenvalue weighted by atomic mass is 19.1. The van der Waals surface area contributed by atoms with Gasteiger partial charge in [-0.05, 0) is 87.0 Å². The monoisotopic (exact) mass is 748 g/mol. The predicted molar refractivity (Wildman–Crippen MR) is 213 cm³/mol. The number of carbonyl (C=O) groups is 1. The lowest BCUT2D eigenvalue weighted by Gasteiger charge is -2.33. The van der Waals surface area contributed by atoms with Gasteiger partial charge in [-0.3, -0.25) is 14.6 Å². The maximum atomic E-state index is 15.6. The van der Waals surface area contributed by atoms with E-state index >= 15 is 4.39 Å². The summed E-state index contributed by atoms with van der Waals surface area (Å²) in [6.07, 6.45) is 6.70. The molecule has 2 aliphatic heterocycles. The molecule has 3 atom stereocenters. The van der Waals surface area contributed by atoms with Gasteiger partial charge in [0.15, 0.2) is 5.65 Å². The summed E-state index contributed by atoms with van der Waals surface area (Å²) >= 11 is 0. The molecular formula is C42H53FN10O2. The molecule has 12 nitrogen and oxygen atoms in total. The fraction of sp³-hybridized carbons (Fsp3) is 0.476. The average molecular weight is 749 g/mol. The molecule has 0 saturated carbocycles. The maximum Gasteiger partial charge on any atom is 0.320 e. The first-order valence-electron chi connectivity index (χ1n) is 19.7. The molecule has 13 heteroatoms. The summed E-state index contributed by atoms with van der Waals surface area (Å²) in [4.78, 5) is 20.9. The molecule has 2 fully saturated rings. The Morgan fingerprint density at radius 2 is 1.73 bits per heavy atom. The fourth-order valence-corrected chi connectivity index (χ4v) is 8.12. The van der Waals surface area contributed by atoms with Crippen molar-refractivity contribution in [2.45, 2.75) is 89.9 Å². The number of ether oxygens (including phenoxy) is 1. The number of hydrogen-bond acceptors (Lipinski definition) is 8. The number of amides is 2. The Morgan fingerprint density at radius 1 is 0.927 bits per heavy atom. The Morgan fingerprint density at radius 3 is 2.51 bits per heavy atom. The fourth-order valence-electron chi connectivity index (χ4n) is 8.12. The van der Waals surface area contributed by atoms with Crippen molar-refractivity contribution >= 4 is 23.4 Å². The van der Waals surface area contributed by atoms with Gasteiger partial charge in [-0.25, -0.2) is 13.9 Å². The van der Waals surface area contributed by atoms with Gasteiger partial charge in [0.25, 0.3) is 0 Å². The number of urea groups is 1. The van der Waals surface area contributed by atoms with E-state index in [1.807, 2.05) is 53.1 Å². The molecule has 2 aromatic carbocycles. The van der Waals surface area contributed by atoms with E-state index in [2.05, 4.69) is 82.4 Å². The molecule has 0 unspecified atom stereocenters. The number of hydrogen-bond donors (Lipinski definition) is 2. The molecule has 3 aliphatic rings. The van der Waals surface area contributed by atoms with Gasteiger partial charge in [-0.1, -0.05) is 51.1 Å². The van der Waals surface area contributed by atoms with Crippen LogP contribution >= 0.6 is 0 Å². The first-order chi connectivity index (χ1) is 26.5. The molecule has 290 valence electrons. The van der Waals surface area contributed by atoms with Gasteiger partial charge >= 0.3 is 6.03 Å². The van der Waals surface area contributed by atoms with Crippen LogP contribution in [0.1, 0.15) is 94.3 Å². The van der Waals surface area contributed by atoms with Crippen molar-refractivity contribution < 1.29 is 13.9 Å². The summed E-state index contributed by atoms with van der Waals surface area (Å²) in [6.45, 7) is 14.0. The van der Waals surface area contributed by atoms with Gasteiger partial charge in [-0.15, -0.1) is 10.2 Å².